The third-order valence-electron chi connectivity index (χ3n) is 5.24. The molecule has 0 bridgehead atoms. The highest BCUT2D eigenvalue weighted by Crippen LogP contribution is 2.57. The predicted molar refractivity (Wildman–Crippen MR) is 98.8 cm³/mol. The van der Waals surface area contributed by atoms with Gasteiger partial charge in [-0.25, -0.2) is 4.79 Å². The Morgan fingerprint density at radius 1 is 0.821 bits per heavy atom. The number of benzene rings is 3. The number of carbonyl (C=O) groups excluding carboxylic acids is 1. The lowest BCUT2D eigenvalue weighted by Crippen LogP contribution is -2.32. The number of carbonyl (C=O) groups is 1. The largest absolute Gasteiger partial charge is 0.508 e. The maximum absolute atomic E-state index is 12.8. The van der Waals surface area contributed by atoms with Crippen LogP contribution in [0.1, 0.15) is 32.6 Å². The van der Waals surface area contributed by atoms with E-state index in [0.717, 1.165) is 5.56 Å². The molecule has 0 unspecified atom stereocenters. The van der Waals surface area contributed by atoms with Crippen LogP contribution in [0.2, 0.25) is 0 Å². The van der Waals surface area contributed by atoms with Gasteiger partial charge in [0.05, 0.1) is 5.56 Å². The summed E-state index contributed by atoms with van der Waals surface area (Å²) in [6, 6.07) is 14.7. The lowest BCUT2D eigenvalue weighted by Gasteiger charge is -2.36. The molecule has 28 heavy (non-hydrogen) atoms. The van der Waals surface area contributed by atoms with Crippen LogP contribution in [0.5, 0.6) is 23.0 Å². The highest BCUT2D eigenvalue weighted by Gasteiger charge is 2.53. The highest BCUT2D eigenvalue weighted by atomic mass is 16.6. The van der Waals surface area contributed by atoms with Crippen LogP contribution in [-0.2, 0) is 16.8 Å². The molecule has 2 aliphatic heterocycles. The van der Waals surface area contributed by atoms with Gasteiger partial charge in [0.2, 0.25) is 0 Å². The first-order chi connectivity index (χ1) is 13.5. The van der Waals surface area contributed by atoms with E-state index >= 15 is 0 Å². The molecule has 0 amide bonds. The van der Waals surface area contributed by atoms with Gasteiger partial charge in [-0.1, -0.05) is 12.1 Å². The second-order valence-electron chi connectivity index (χ2n) is 6.89. The summed E-state index contributed by atoms with van der Waals surface area (Å²) in [4.78, 5) is 12.8. The molecule has 2 aliphatic rings. The molecule has 2 heterocycles. The summed E-state index contributed by atoms with van der Waals surface area (Å²) in [7, 11) is 0. The summed E-state index contributed by atoms with van der Waals surface area (Å²) in [6.07, 6.45) is 0.436. The fourth-order valence-corrected chi connectivity index (χ4v) is 4.04. The third kappa shape index (κ3) is 2.15. The van der Waals surface area contributed by atoms with E-state index in [2.05, 4.69) is 0 Å². The molecule has 3 N–H and O–H groups in total. The number of phenols is 2. The molecule has 0 aromatic heterocycles. The first kappa shape index (κ1) is 16.6. The van der Waals surface area contributed by atoms with Crippen molar-refractivity contribution in [3.8, 4) is 23.0 Å². The van der Waals surface area contributed by atoms with Crippen LogP contribution in [-0.4, -0.2) is 27.9 Å². The van der Waals surface area contributed by atoms with Gasteiger partial charge in [-0.2, -0.15) is 0 Å². The van der Waals surface area contributed by atoms with Crippen molar-refractivity contribution in [2.24, 2.45) is 0 Å². The zero-order valence-corrected chi connectivity index (χ0v) is 14.7. The normalized spacial score (nSPS) is 15.4. The molecule has 6 nitrogen and oxygen atoms in total. The number of aliphatic hydroxyl groups is 1. The van der Waals surface area contributed by atoms with E-state index in [4.69, 9.17) is 9.47 Å². The second-order valence-corrected chi connectivity index (χ2v) is 6.89. The average molecular weight is 376 g/mol. The molecule has 5 rings (SSSR count). The van der Waals surface area contributed by atoms with Gasteiger partial charge in [0, 0.05) is 35.4 Å². The van der Waals surface area contributed by atoms with Gasteiger partial charge in [-0.05, 0) is 42.3 Å². The topological polar surface area (TPSA) is 96.2 Å². The number of hydrogen-bond acceptors (Lipinski definition) is 6. The van der Waals surface area contributed by atoms with Crippen molar-refractivity contribution in [1.82, 2.24) is 0 Å². The molecular formula is C22H16O6. The molecule has 0 fully saturated rings. The van der Waals surface area contributed by atoms with Crippen LogP contribution in [0.4, 0.5) is 0 Å². The van der Waals surface area contributed by atoms with Gasteiger partial charge < -0.3 is 24.8 Å². The number of hydrogen-bond donors (Lipinski definition) is 3. The average Bonchev–Trinajstić information content (AvgIpc) is 2.94. The number of rotatable bonds is 2. The maximum atomic E-state index is 12.8. The highest BCUT2D eigenvalue weighted by molar-refractivity contribution is 5.97. The van der Waals surface area contributed by atoms with Crippen LogP contribution < -0.4 is 4.74 Å². The van der Waals surface area contributed by atoms with Gasteiger partial charge in [0.25, 0.3) is 0 Å². The number of esters is 1. The molecule has 1 spiro atoms. The van der Waals surface area contributed by atoms with Crippen molar-refractivity contribution in [2.45, 2.75) is 12.0 Å². The fourth-order valence-electron chi connectivity index (χ4n) is 4.04. The Morgan fingerprint density at radius 2 is 1.43 bits per heavy atom. The smallest absolute Gasteiger partial charge is 0.340 e. The Labute approximate surface area is 160 Å². The molecule has 0 saturated heterocycles. The first-order valence-corrected chi connectivity index (χ1v) is 8.85. The van der Waals surface area contributed by atoms with Crippen molar-refractivity contribution in [3.63, 3.8) is 0 Å². The number of aliphatic hydroxyl groups excluding tert-OH is 1. The van der Waals surface area contributed by atoms with Gasteiger partial charge in [-0.3, -0.25) is 0 Å². The molecule has 3 aromatic rings. The van der Waals surface area contributed by atoms with Gasteiger partial charge in [0.1, 0.15) is 23.0 Å². The SMILES string of the molecule is O=C1OC2(c3ccc(O)cc3Oc3cc(O)ccc32)c2ccc(CCO)cc21. The molecule has 0 aliphatic carbocycles. The van der Waals surface area contributed by atoms with Crippen LogP contribution in [0.25, 0.3) is 0 Å². The summed E-state index contributed by atoms with van der Waals surface area (Å²) in [5.41, 5.74) is 1.84. The minimum absolute atomic E-state index is 0.0142. The van der Waals surface area contributed by atoms with E-state index in [1.807, 2.05) is 12.1 Å². The summed E-state index contributed by atoms with van der Waals surface area (Å²) in [5, 5.41) is 29.0. The zero-order valence-electron chi connectivity index (χ0n) is 14.7. The van der Waals surface area contributed by atoms with Crippen molar-refractivity contribution in [3.05, 3.63) is 82.4 Å². The van der Waals surface area contributed by atoms with E-state index in [9.17, 15) is 20.1 Å². The quantitative estimate of drug-likeness (QED) is 0.595. The summed E-state index contributed by atoms with van der Waals surface area (Å²) >= 11 is 0. The summed E-state index contributed by atoms with van der Waals surface area (Å²) in [6.45, 7) is -0.0168. The van der Waals surface area contributed by atoms with E-state index in [-0.39, 0.29) is 18.1 Å². The lowest BCUT2D eigenvalue weighted by atomic mass is 9.77. The molecule has 0 atom stereocenters. The van der Waals surface area contributed by atoms with Crippen LogP contribution in [0.3, 0.4) is 0 Å². The Bertz CT molecular complexity index is 1080. The van der Waals surface area contributed by atoms with E-state index < -0.39 is 11.6 Å². The lowest BCUT2D eigenvalue weighted by molar-refractivity contribution is 0.0224. The first-order valence-electron chi connectivity index (χ1n) is 8.85. The Kier molecular flexibility index (Phi) is 3.41. The summed E-state index contributed by atoms with van der Waals surface area (Å²) < 4.78 is 11.9. The number of ether oxygens (including phenoxy) is 2. The standard InChI is InChI=1S/C22H16O6/c23-8-7-12-1-4-16-15(9-12)21(26)28-22(16)17-5-2-13(24)10-19(17)27-20-11-14(25)3-6-18(20)22/h1-6,9-11,23-25H,7-8H2. The number of fused-ring (bicyclic) bond motifs is 6. The Hall–Kier alpha value is -3.51. The predicted octanol–water partition coefficient (Wildman–Crippen LogP) is 3.20. The number of aromatic hydroxyl groups is 2. The maximum Gasteiger partial charge on any atom is 0.340 e. The number of phenolic OH excluding ortho intramolecular Hbond substituents is 2. The molecule has 0 saturated carbocycles. The second kappa shape index (κ2) is 5.74. The van der Waals surface area contributed by atoms with Gasteiger partial charge >= 0.3 is 5.97 Å². The van der Waals surface area contributed by atoms with Gasteiger partial charge in [-0.15, -0.1) is 0 Å². The molecular weight excluding hydrogens is 360 g/mol. The van der Waals surface area contributed by atoms with Crippen LogP contribution >= 0.6 is 0 Å². The minimum Gasteiger partial charge on any atom is -0.508 e. The Morgan fingerprint density at radius 3 is 2.04 bits per heavy atom. The van der Waals surface area contributed by atoms with E-state index in [1.54, 1.807) is 18.2 Å². The van der Waals surface area contributed by atoms with Crippen molar-refractivity contribution in [1.29, 1.82) is 0 Å². The van der Waals surface area contributed by atoms with Crippen molar-refractivity contribution >= 4 is 5.97 Å². The monoisotopic (exact) mass is 376 g/mol. The minimum atomic E-state index is -1.24. The third-order valence-corrected chi connectivity index (χ3v) is 5.24. The fraction of sp³-hybridized carbons (Fsp3) is 0.136. The van der Waals surface area contributed by atoms with Crippen LogP contribution in [0, 0.1) is 0 Å². The Balaban J connectivity index is 1.83. The zero-order chi connectivity index (χ0) is 19.5. The van der Waals surface area contributed by atoms with Crippen molar-refractivity contribution < 1.29 is 29.6 Å². The van der Waals surface area contributed by atoms with Crippen LogP contribution in [0.15, 0.2) is 54.6 Å². The molecule has 140 valence electrons. The van der Waals surface area contributed by atoms with E-state index in [0.29, 0.717) is 40.2 Å². The van der Waals surface area contributed by atoms with Crippen molar-refractivity contribution in [2.75, 3.05) is 6.61 Å². The molecule has 3 aromatic carbocycles. The summed E-state index contributed by atoms with van der Waals surface area (Å²) in [5.74, 6) is 0.242. The molecule has 6 heteroatoms. The molecule has 0 radical (unpaired) electrons. The van der Waals surface area contributed by atoms with Gasteiger partial charge in [0.15, 0.2) is 5.60 Å². The van der Waals surface area contributed by atoms with E-state index in [1.165, 1.54) is 24.3 Å².